The van der Waals surface area contributed by atoms with E-state index in [1.165, 1.54) is 23.3 Å². The molecule has 9 heteroatoms. The number of rotatable bonds is 8. The highest BCUT2D eigenvalue weighted by Crippen LogP contribution is 2.27. The number of nitrogens with zero attached hydrogens (tertiary/aromatic N) is 1. The SMILES string of the molecule is COc1ccccc1C(NC(=O)OC(C)(C)C)C(=O)N(CC(=O)O)Cc1cccs1. The average molecular weight is 435 g/mol. The minimum Gasteiger partial charge on any atom is -0.496 e. The van der Waals surface area contributed by atoms with Crippen LogP contribution >= 0.6 is 11.3 Å². The van der Waals surface area contributed by atoms with E-state index < -0.39 is 36.2 Å². The second kappa shape index (κ2) is 10.1. The van der Waals surface area contributed by atoms with Crippen LogP contribution < -0.4 is 10.1 Å². The molecule has 0 aliphatic carbocycles. The number of alkyl carbamates (subject to hydrolysis) is 1. The number of carbonyl (C=O) groups is 3. The van der Waals surface area contributed by atoms with Crippen molar-refractivity contribution < 1.29 is 29.0 Å². The van der Waals surface area contributed by atoms with Gasteiger partial charge in [0.1, 0.15) is 23.9 Å². The highest BCUT2D eigenvalue weighted by Gasteiger charge is 2.32. The van der Waals surface area contributed by atoms with Crippen molar-refractivity contribution in [2.45, 2.75) is 39.0 Å². The van der Waals surface area contributed by atoms with Gasteiger partial charge in [-0.2, -0.15) is 0 Å². The van der Waals surface area contributed by atoms with Crippen LogP contribution in [0, 0.1) is 0 Å². The Morgan fingerprint density at radius 3 is 2.43 bits per heavy atom. The molecule has 0 radical (unpaired) electrons. The van der Waals surface area contributed by atoms with Gasteiger partial charge in [-0.15, -0.1) is 11.3 Å². The minimum atomic E-state index is -1.18. The van der Waals surface area contributed by atoms with Crippen LogP contribution in [-0.2, 0) is 20.9 Å². The van der Waals surface area contributed by atoms with Crippen LogP contribution in [0.25, 0.3) is 0 Å². The van der Waals surface area contributed by atoms with Gasteiger partial charge in [-0.3, -0.25) is 9.59 Å². The Morgan fingerprint density at radius 2 is 1.87 bits per heavy atom. The van der Waals surface area contributed by atoms with Crippen molar-refractivity contribution in [2.24, 2.45) is 0 Å². The molecule has 1 aromatic heterocycles. The van der Waals surface area contributed by atoms with E-state index in [1.54, 1.807) is 45.0 Å². The summed E-state index contributed by atoms with van der Waals surface area (Å²) < 4.78 is 10.7. The van der Waals surface area contributed by atoms with Gasteiger partial charge in [0.05, 0.1) is 13.7 Å². The molecule has 0 aliphatic heterocycles. The van der Waals surface area contributed by atoms with E-state index in [0.29, 0.717) is 11.3 Å². The lowest BCUT2D eigenvalue weighted by Crippen LogP contribution is -2.45. The van der Waals surface area contributed by atoms with Crippen molar-refractivity contribution in [3.8, 4) is 5.75 Å². The normalized spacial score (nSPS) is 12.0. The van der Waals surface area contributed by atoms with Crippen molar-refractivity contribution in [2.75, 3.05) is 13.7 Å². The van der Waals surface area contributed by atoms with Crippen LogP contribution in [-0.4, -0.2) is 47.2 Å². The van der Waals surface area contributed by atoms with Gasteiger partial charge < -0.3 is 24.8 Å². The standard InChI is InChI=1S/C21H26N2O6S/c1-21(2,3)29-20(27)22-18(15-9-5-6-10-16(15)28-4)19(26)23(13-17(24)25)12-14-8-7-11-30-14/h5-11,18H,12-13H2,1-4H3,(H,22,27)(H,24,25). The first-order valence-corrected chi connectivity index (χ1v) is 10.1. The maximum atomic E-state index is 13.4. The van der Waals surface area contributed by atoms with Crippen molar-refractivity contribution in [1.82, 2.24) is 10.2 Å². The molecular formula is C21H26N2O6S. The van der Waals surface area contributed by atoms with Crippen molar-refractivity contribution in [1.29, 1.82) is 0 Å². The Morgan fingerprint density at radius 1 is 1.17 bits per heavy atom. The maximum absolute atomic E-state index is 13.4. The van der Waals surface area contributed by atoms with Gasteiger partial charge in [-0.05, 0) is 38.3 Å². The molecule has 1 heterocycles. The van der Waals surface area contributed by atoms with Gasteiger partial charge in [-0.25, -0.2) is 4.79 Å². The van der Waals surface area contributed by atoms with Crippen LogP contribution in [0.5, 0.6) is 5.75 Å². The van der Waals surface area contributed by atoms with Crippen LogP contribution in [0.3, 0.4) is 0 Å². The summed E-state index contributed by atoms with van der Waals surface area (Å²) in [6.07, 6.45) is -0.793. The quantitative estimate of drug-likeness (QED) is 0.659. The number of para-hydroxylation sites is 1. The smallest absolute Gasteiger partial charge is 0.408 e. The Balaban J connectivity index is 2.40. The lowest BCUT2D eigenvalue weighted by Gasteiger charge is -2.28. The van der Waals surface area contributed by atoms with E-state index in [1.807, 2.05) is 17.5 Å². The molecule has 2 aromatic rings. The Kier molecular flexibility index (Phi) is 7.82. The number of carboxylic acid groups (broad SMARTS) is 1. The first-order chi connectivity index (χ1) is 14.1. The predicted molar refractivity (Wildman–Crippen MR) is 112 cm³/mol. The second-order valence-corrected chi connectivity index (χ2v) is 8.52. The zero-order valence-electron chi connectivity index (χ0n) is 17.4. The summed E-state index contributed by atoms with van der Waals surface area (Å²) in [5, 5.41) is 13.7. The fourth-order valence-electron chi connectivity index (χ4n) is 2.75. The predicted octanol–water partition coefficient (Wildman–Crippen LogP) is 3.44. The third-order valence-electron chi connectivity index (χ3n) is 3.92. The molecule has 0 aliphatic rings. The molecule has 0 spiro atoms. The number of hydrogen-bond acceptors (Lipinski definition) is 6. The molecule has 0 bridgehead atoms. The van der Waals surface area contributed by atoms with Gasteiger partial charge in [0.2, 0.25) is 0 Å². The van der Waals surface area contributed by atoms with Gasteiger partial charge in [0, 0.05) is 10.4 Å². The molecule has 2 amide bonds. The Labute approximate surface area is 179 Å². The Hall–Kier alpha value is -3.07. The number of carboxylic acids is 1. The highest BCUT2D eigenvalue weighted by atomic mass is 32.1. The largest absolute Gasteiger partial charge is 0.496 e. The van der Waals surface area contributed by atoms with E-state index in [2.05, 4.69) is 5.32 Å². The summed E-state index contributed by atoms with van der Waals surface area (Å²) in [5.41, 5.74) is -0.367. The lowest BCUT2D eigenvalue weighted by molar-refractivity contribution is -0.145. The van der Waals surface area contributed by atoms with E-state index in [9.17, 15) is 19.5 Å². The van der Waals surface area contributed by atoms with E-state index >= 15 is 0 Å². The topological polar surface area (TPSA) is 105 Å². The first kappa shape index (κ1) is 23.2. The number of ether oxygens (including phenoxy) is 2. The van der Waals surface area contributed by atoms with Crippen molar-refractivity contribution >= 4 is 29.3 Å². The van der Waals surface area contributed by atoms with Gasteiger partial charge in [0.25, 0.3) is 5.91 Å². The van der Waals surface area contributed by atoms with Crippen LogP contribution in [0.4, 0.5) is 4.79 Å². The molecular weight excluding hydrogens is 408 g/mol. The number of aliphatic carboxylic acids is 1. The molecule has 2 rings (SSSR count). The summed E-state index contributed by atoms with van der Waals surface area (Å²) in [5.74, 6) is -1.35. The molecule has 0 fully saturated rings. The molecule has 1 unspecified atom stereocenters. The number of methoxy groups -OCH3 is 1. The summed E-state index contributed by atoms with van der Waals surface area (Å²) in [6.45, 7) is 4.71. The molecule has 8 nitrogen and oxygen atoms in total. The number of nitrogens with one attached hydrogen (secondary N) is 1. The second-order valence-electron chi connectivity index (χ2n) is 7.49. The van der Waals surface area contributed by atoms with Crippen LogP contribution in [0.2, 0.25) is 0 Å². The van der Waals surface area contributed by atoms with Gasteiger partial charge in [0.15, 0.2) is 0 Å². The molecule has 2 N–H and O–H groups in total. The van der Waals surface area contributed by atoms with Crippen molar-refractivity contribution in [3.63, 3.8) is 0 Å². The van der Waals surface area contributed by atoms with E-state index in [0.717, 1.165) is 4.88 Å². The number of hydrogen-bond donors (Lipinski definition) is 2. The number of amides is 2. The number of carbonyl (C=O) groups excluding carboxylic acids is 2. The maximum Gasteiger partial charge on any atom is 0.408 e. The third kappa shape index (κ3) is 6.77. The zero-order chi connectivity index (χ0) is 22.3. The summed E-state index contributed by atoms with van der Waals surface area (Å²) >= 11 is 1.41. The average Bonchev–Trinajstić information content (AvgIpc) is 3.16. The fourth-order valence-corrected chi connectivity index (χ4v) is 3.47. The fraction of sp³-hybridized carbons (Fsp3) is 0.381. The summed E-state index contributed by atoms with van der Waals surface area (Å²) in [6, 6.07) is 9.19. The molecule has 162 valence electrons. The summed E-state index contributed by atoms with van der Waals surface area (Å²) in [4.78, 5) is 39.3. The Bertz CT molecular complexity index is 876. The molecule has 0 saturated carbocycles. The van der Waals surface area contributed by atoms with Crippen LogP contribution in [0.1, 0.15) is 37.3 Å². The van der Waals surface area contributed by atoms with E-state index in [-0.39, 0.29) is 6.54 Å². The number of benzene rings is 1. The first-order valence-electron chi connectivity index (χ1n) is 9.26. The third-order valence-corrected chi connectivity index (χ3v) is 4.78. The van der Waals surface area contributed by atoms with Gasteiger partial charge >= 0.3 is 12.1 Å². The summed E-state index contributed by atoms with van der Waals surface area (Å²) in [7, 11) is 1.45. The van der Waals surface area contributed by atoms with Gasteiger partial charge in [-0.1, -0.05) is 24.3 Å². The molecule has 1 atom stereocenters. The molecule has 30 heavy (non-hydrogen) atoms. The lowest BCUT2D eigenvalue weighted by atomic mass is 10.0. The van der Waals surface area contributed by atoms with Crippen molar-refractivity contribution in [3.05, 3.63) is 52.2 Å². The van der Waals surface area contributed by atoms with Crippen LogP contribution in [0.15, 0.2) is 41.8 Å². The zero-order valence-corrected chi connectivity index (χ0v) is 18.2. The monoisotopic (exact) mass is 434 g/mol. The molecule has 0 saturated heterocycles. The highest BCUT2D eigenvalue weighted by molar-refractivity contribution is 7.09. The van der Waals surface area contributed by atoms with E-state index in [4.69, 9.17) is 9.47 Å². The minimum absolute atomic E-state index is 0.102. The number of thiophene rings is 1. The molecule has 1 aromatic carbocycles.